The van der Waals surface area contributed by atoms with Crippen LogP contribution in [0.25, 0.3) is 0 Å². The SMILES string of the molecule is CCCNCC(O)CN1CC(C)OC(C)(C)C1. The van der Waals surface area contributed by atoms with Crippen LogP contribution in [0, 0.1) is 0 Å². The molecule has 1 aliphatic heterocycles. The Balaban J connectivity index is 2.30. The molecule has 0 aromatic rings. The molecular weight excluding hydrogens is 216 g/mol. The third kappa shape index (κ3) is 5.82. The van der Waals surface area contributed by atoms with E-state index in [0.717, 1.165) is 32.6 Å². The molecule has 2 N–H and O–H groups in total. The number of aliphatic hydroxyl groups excluding tert-OH is 1. The van der Waals surface area contributed by atoms with Crippen molar-refractivity contribution < 1.29 is 9.84 Å². The number of ether oxygens (including phenoxy) is 1. The number of hydrogen-bond acceptors (Lipinski definition) is 4. The average molecular weight is 244 g/mol. The van der Waals surface area contributed by atoms with Crippen molar-refractivity contribution in [2.24, 2.45) is 0 Å². The summed E-state index contributed by atoms with van der Waals surface area (Å²) in [5.74, 6) is 0. The maximum absolute atomic E-state index is 9.94. The molecule has 0 radical (unpaired) electrons. The summed E-state index contributed by atoms with van der Waals surface area (Å²) in [5.41, 5.74) is -0.103. The maximum Gasteiger partial charge on any atom is 0.0791 e. The lowest BCUT2D eigenvalue weighted by Crippen LogP contribution is -2.54. The number of hydrogen-bond donors (Lipinski definition) is 2. The molecule has 1 saturated heterocycles. The number of nitrogens with one attached hydrogen (secondary N) is 1. The van der Waals surface area contributed by atoms with Crippen LogP contribution in [0.1, 0.15) is 34.1 Å². The first-order valence-electron chi connectivity index (χ1n) is 6.72. The van der Waals surface area contributed by atoms with E-state index in [-0.39, 0.29) is 17.8 Å². The van der Waals surface area contributed by atoms with Crippen LogP contribution in [0.5, 0.6) is 0 Å². The highest BCUT2D eigenvalue weighted by molar-refractivity contribution is 4.83. The van der Waals surface area contributed by atoms with Crippen molar-refractivity contribution >= 4 is 0 Å². The largest absolute Gasteiger partial charge is 0.390 e. The minimum Gasteiger partial charge on any atom is -0.390 e. The van der Waals surface area contributed by atoms with Crippen LogP contribution in [0.15, 0.2) is 0 Å². The molecule has 4 nitrogen and oxygen atoms in total. The molecule has 1 heterocycles. The first-order chi connectivity index (χ1) is 7.93. The maximum atomic E-state index is 9.94. The summed E-state index contributed by atoms with van der Waals surface area (Å²) in [4.78, 5) is 2.30. The molecular formula is C13H28N2O2. The number of rotatable bonds is 6. The molecule has 102 valence electrons. The summed E-state index contributed by atoms with van der Waals surface area (Å²) in [6.45, 7) is 12.6. The van der Waals surface area contributed by atoms with Crippen molar-refractivity contribution in [3.8, 4) is 0 Å². The second kappa shape index (κ2) is 6.69. The highest BCUT2D eigenvalue weighted by atomic mass is 16.5. The second-order valence-electron chi connectivity index (χ2n) is 5.74. The van der Waals surface area contributed by atoms with Crippen molar-refractivity contribution in [3.63, 3.8) is 0 Å². The summed E-state index contributed by atoms with van der Waals surface area (Å²) in [7, 11) is 0. The zero-order valence-electron chi connectivity index (χ0n) is 11.7. The summed E-state index contributed by atoms with van der Waals surface area (Å²) in [5, 5.41) is 13.2. The van der Waals surface area contributed by atoms with Gasteiger partial charge in [0.1, 0.15) is 0 Å². The molecule has 0 bridgehead atoms. The van der Waals surface area contributed by atoms with Gasteiger partial charge in [0.25, 0.3) is 0 Å². The zero-order chi connectivity index (χ0) is 12.9. The van der Waals surface area contributed by atoms with Gasteiger partial charge >= 0.3 is 0 Å². The van der Waals surface area contributed by atoms with Crippen LogP contribution in [-0.2, 0) is 4.74 Å². The van der Waals surface area contributed by atoms with Crippen LogP contribution in [0.3, 0.4) is 0 Å². The molecule has 1 aliphatic rings. The topological polar surface area (TPSA) is 44.7 Å². The molecule has 2 atom stereocenters. The molecule has 4 heteroatoms. The van der Waals surface area contributed by atoms with Gasteiger partial charge in [-0.3, -0.25) is 4.90 Å². The van der Waals surface area contributed by atoms with Gasteiger partial charge in [-0.2, -0.15) is 0 Å². The minimum absolute atomic E-state index is 0.103. The van der Waals surface area contributed by atoms with Crippen molar-refractivity contribution in [2.45, 2.75) is 51.9 Å². The summed E-state index contributed by atoms with van der Waals surface area (Å²) in [6, 6.07) is 0. The van der Waals surface area contributed by atoms with E-state index in [9.17, 15) is 5.11 Å². The molecule has 1 rings (SSSR count). The summed E-state index contributed by atoms with van der Waals surface area (Å²) >= 11 is 0. The Morgan fingerprint density at radius 2 is 2.24 bits per heavy atom. The van der Waals surface area contributed by atoms with Crippen LogP contribution < -0.4 is 5.32 Å². The van der Waals surface area contributed by atoms with Gasteiger partial charge in [-0.15, -0.1) is 0 Å². The van der Waals surface area contributed by atoms with Gasteiger partial charge in [-0.25, -0.2) is 0 Å². The minimum atomic E-state index is -0.289. The van der Waals surface area contributed by atoms with E-state index in [0.29, 0.717) is 6.54 Å². The average Bonchev–Trinajstić information content (AvgIpc) is 2.14. The van der Waals surface area contributed by atoms with Crippen molar-refractivity contribution in [3.05, 3.63) is 0 Å². The van der Waals surface area contributed by atoms with Gasteiger partial charge in [0.15, 0.2) is 0 Å². The van der Waals surface area contributed by atoms with Crippen molar-refractivity contribution in [1.82, 2.24) is 10.2 Å². The van der Waals surface area contributed by atoms with Crippen molar-refractivity contribution in [1.29, 1.82) is 0 Å². The highest BCUT2D eigenvalue weighted by Gasteiger charge is 2.31. The molecule has 0 aromatic carbocycles. The predicted molar refractivity (Wildman–Crippen MR) is 70.2 cm³/mol. The fourth-order valence-corrected chi connectivity index (χ4v) is 2.53. The predicted octanol–water partition coefficient (Wildman–Crippen LogP) is 0.846. The van der Waals surface area contributed by atoms with E-state index < -0.39 is 0 Å². The Labute approximate surface area is 105 Å². The van der Waals surface area contributed by atoms with Gasteiger partial charge in [0.2, 0.25) is 0 Å². The number of β-amino-alcohol motifs (C(OH)–C–C–N with tert-alkyl or cyclic N) is 1. The lowest BCUT2D eigenvalue weighted by atomic mass is 10.1. The third-order valence-electron chi connectivity index (χ3n) is 2.92. The van der Waals surface area contributed by atoms with Gasteiger partial charge < -0.3 is 15.2 Å². The summed E-state index contributed by atoms with van der Waals surface area (Å²) in [6.07, 6.45) is 1.06. The number of aliphatic hydroxyl groups is 1. The van der Waals surface area contributed by atoms with E-state index in [2.05, 4.69) is 37.9 Å². The monoisotopic (exact) mass is 244 g/mol. The normalized spacial score (nSPS) is 27.0. The van der Waals surface area contributed by atoms with Crippen LogP contribution >= 0.6 is 0 Å². The van der Waals surface area contributed by atoms with Crippen LogP contribution in [-0.4, -0.2) is 60.5 Å². The van der Waals surface area contributed by atoms with E-state index in [1.807, 2.05) is 0 Å². The van der Waals surface area contributed by atoms with Gasteiger partial charge in [-0.1, -0.05) is 6.92 Å². The van der Waals surface area contributed by atoms with Crippen molar-refractivity contribution in [2.75, 3.05) is 32.7 Å². The highest BCUT2D eigenvalue weighted by Crippen LogP contribution is 2.20. The van der Waals surface area contributed by atoms with E-state index in [1.165, 1.54) is 0 Å². The standard InChI is InChI=1S/C13H28N2O2/c1-5-6-14-7-12(16)9-15-8-11(2)17-13(3,4)10-15/h11-12,14,16H,5-10H2,1-4H3. The van der Waals surface area contributed by atoms with Gasteiger partial charge in [0.05, 0.1) is 17.8 Å². The molecule has 0 amide bonds. The van der Waals surface area contributed by atoms with E-state index in [1.54, 1.807) is 0 Å². The third-order valence-corrected chi connectivity index (χ3v) is 2.92. The lowest BCUT2D eigenvalue weighted by Gasteiger charge is -2.42. The van der Waals surface area contributed by atoms with E-state index >= 15 is 0 Å². The molecule has 17 heavy (non-hydrogen) atoms. The van der Waals surface area contributed by atoms with E-state index in [4.69, 9.17) is 4.74 Å². The second-order valence-corrected chi connectivity index (χ2v) is 5.74. The molecule has 0 spiro atoms. The number of nitrogens with zero attached hydrogens (tertiary/aromatic N) is 1. The Kier molecular flexibility index (Phi) is 5.86. The quantitative estimate of drug-likeness (QED) is 0.680. The Hall–Kier alpha value is -0.160. The Morgan fingerprint density at radius 1 is 1.53 bits per heavy atom. The smallest absolute Gasteiger partial charge is 0.0791 e. The van der Waals surface area contributed by atoms with Gasteiger partial charge in [-0.05, 0) is 33.7 Å². The molecule has 2 unspecified atom stereocenters. The van der Waals surface area contributed by atoms with Gasteiger partial charge in [0, 0.05) is 26.2 Å². The number of morpholine rings is 1. The molecule has 0 saturated carbocycles. The summed E-state index contributed by atoms with van der Waals surface area (Å²) < 4.78 is 5.85. The first-order valence-corrected chi connectivity index (χ1v) is 6.72. The fourth-order valence-electron chi connectivity index (χ4n) is 2.53. The Morgan fingerprint density at radius 3 is 2.82 bits per heavy atom. The zero-order valence-corrected chi connectivity index (χ0v) is 11.7. The lowest BCUT2D eigenvalue weighted by molar-refractivity contribution is -0.133. The van der Waals surface area contributed by atoms with Crippen LogP contribution in [0.4, 0.5) is 0 Å². The van der Waals surface area contributed by atoms with Crippen LogP contribution in [0.2, 0.25) is 0 Å². The Bertz CT molecular complexity index is 221. The first kappa shape index (κ1) is 14.9. The molecule has 0 aromatic heterocycles. The molecule has 0 aliphatic carbocycles. The molecule has 1 fully saturated rings. The fraction of sp³-hybridized carbons (Fsp3) is 1.00.